The number of rotatable bonds is 2. The molecule has 0 unspecified atom stereocenters. The number of hydrogen-bond acceptors (Lipinski definition) is 6. The summed E-state index contributed by atoms with van der Waals surface area (Å²) in [5, 5.41) is 22.3. The number of ether oxygens (including phenoxy) is 1. The van der Waals surface area contributed by atoms with Crippen molar-refractivity contribution in [2.45, 2.75) is 61.7 Å². The van der Waals surface area contributed by atoms with Crippen molar-refractivity contribution in [3.63, 3.8) is 0 Å². The molecule has 2 bridgehead atoms. The van der Waals surface area contributed by atoms with E-state index in [-0.39, 0.29) is 17.6 Å². The first-order chi connectivity index (χ1) is 13.8. The Morgan fingerprint density at radius 3 is 2.66 bits per heavy atom. The van der Waals surface area contributed by atoms with Gasteiger partial charge < -0.3 is 14.9 Å². The molecule has 29 heavy (non-hydrogen) atoms. The number of aliphatic hydroxyl groups is 1. The maximum Gasteiger partial charge on any atom is 0.299 e. The van der Waals surface area contributed by atoms with Crippen LogP contribution >= 0.6 is 0 Å². The maximum absolute atomic E-state index is 12.7. The van der Waals surface area contributed by atoms with Gasteiger partial charge >= 0.3 is 0 Å². The molecule has 0 radical (unpaired) electrons. The number of carbonyl (C=O) groups excluding carboxylic acids is 1. The molecule has 6 rings (SSSR count). The van der Waals surface area contributed by atoms with Crippen LogP contribution in [-0.2, 0) is 28.0 Å². The molecule has 1 aromatic rings. The Hall–Kier alpha value is -1.52. The first-order valence-electron chi connectivity index (χ1n) is 10.1. The molecule has 2 heterocycles. The molecule has 8 nitrogen and oxygen atoms in total. The van der Waals surface area contributed by atoms with E-state index in [0.717, 1.165) is 43.0 Å². The van der Waals surface area contributed by atoms with Gasteiger partial charge in [-0.25, -0.2) is 0 Å². The fourth-order valence-electron chi connectivity index (χ4n) is 6.26. The number of Topliss-reactive ketones (excluding diaryl/α,β-unsaturated/α-hetero) is 1. The maximum atomic E-state index is 12.7. The molecule has 3 fully saturated rings. The normalized spacial score (nSPS) is 36.9. The average molecular weight is 423 g/mol. The molecule has 1 saturated heterocycles. The Morgan fingerprint density at radius 2 is 1.97 bits per heavy atom. The minimum atomic E-state index is -2.61. The number of benzene rings is 1. The van der Waals surface area contributed by atoms with E-state index in [1.54, 1.807) is 6.07 Å². The topological polar surface area (TPSA) is 128 Å². The molecule has 4 atom stereocenters. The van der Waals surface area contributed by atoms with E-state index >= 15 is 0 Å². The zero-order valence-corrected chi connectivity index (χ0v) is 16.7. The van der Waals surface area contributed by atoms with Crippen LogP contribution in [0.5, 0.6) is 11.5 Å². The summed E-state index contributed by atoms with van der Waals surface area (Å²) in [6.45, 7) is 1.95. The number of phenols is 1. The lowest BCUT2D eigenvalue weighted by molar-refractivity contribution is -0.188. The summed E-state index contributed by atoms with van der Waals surface area (Å²) in [5.74, 6) is 1.39. The van der Waals surface area contributed by atoms with Gasteiger partial charge in [0.05, 0.1) is 11.0 Å². The van der Waals surface area contributed by atoms with Crippen molar-refractivity contribution >= 4 is 17.1 Å². The molecule has 3 aliphatic carbocycles. The third-order valence-corrected chi connectivity index (χ3v) is 7.56. The molecule has 5 aliphatic rings. The Morgan fingerprint density at radius 1 is 1.24 bits per heavy atom. The smallest absolute Gasteiger partial charge is 0.299 e. The van der Waals surface area contributed by atoms with Gasteiger partial charge in [0.25, 0.3) is 11.4 Å². The Bertz CT molecular complexity index is 899. The van der Waals surface area contributed by atoms with Gasteiger partial charge in [-0.15, -0.1) is 0 Å². The summed E-state index contributed by atoms with van der Waals surface area (Å²) >= 11 is -2.61. The van der Waals surface area contributed by atoms with Crippen LogP contribution in [0, 0.1) is 5.92 Å². The summed E-state index contributed by atoms with van der Waals surface area (Å²) in [6, 6.07) is 3.69. The highest BCUT2D eigenvalue weighted by molar-refractivity contribution is 7.73. The van der Waals surface area contributed by atoms with Gasteiger partial charge in [-0.2, -0.15) is 4.21 Å². The van der Waals surface area contributed by atoms with E-state index < -0.39 is 28.5 Å². The van der Waals surface area contributed by atoms with Gasteiger partial charge in [-0.1, -0.05) is 6.07 Å². The van der Waals surface area contributed by atoms with Gasteiger partial charge in [0.2, 0.25) is 0 Å². The SMILES string of the molecule is O=C1CC[C@@]2(O)[C@H]3Cc4ccc(O)c5c4[C@@]2(CCN3CC2CC2)[C@H]1O5.O=S(O)O. The Labute approximate surface area is 171 Å². The van der Waals surface area contributed by atoms with Gasteiger partial charge in [0.1, 0.15) is 0 Å². The average Bonchev–Trinajstić information content (AvgIpc) is 3.39. The summed E-state index contributed by atoms with van der Waals surface area (Å²) in [4.78, 5) is 15.2. The number of piperidine rings is 1. The molecule has 1 aromatic carbocycles. The first-order valence-corrected chi connectivity index (χ1v) is 11.2. The van der Waals surface area contributed by atoms with Crippen molar-refractivity contribution < 1.29 is 33.1 Å². The van der Waals surface area contributed by atoms with E-state index in [1.165, 1.54) is 12.8 Å². The van der Waals surface area contributed by atoms with Crippen LogP contribution in [0.1, 0.15) is 43.2 Å². The molecule has 2 saturated carbocycles. The molecule has 2 aliphatic heterocycles. The number of carbonyl (C=O) groups is 1. The molecule has 9 heteroatoms. The third kappa shape index (κ3) is 2.64. The van der Waals surface area contributed by atoms with Crippen molar-refractivity contribution in [3.8, 4) is 11.5 Å². The highest BCUT2D eigenvalue weighted by atomic mass is 32.2. The summed E-state index contributed by atoms with van der Waals surface area (Å²) in [7, 11) is 0. The highest BCUT2D eigenvalue weighted by Gasteiger charge is 2.73. The molecule has 158 valence electrons. The van der Waals surface area contributed by atoms with Crippen molar-refractivity contribution in [2.75, 3.05) is 13.1 Å². The van der Waals surface area contributed by atoms with E-state index in [1.807, 2.05) is 6.07 Å². The van der Waals surface area contributed by atoms with Gasteiger partial charge in [-0.3, -0.25) is 18.8 Å². The molecular weight excluding hydrogens is 398 g/mol. The van der Waals surface area contributed by atoms with Crippen LogP contribution in [0.25, 0.3) is 0 Å². The molecule has 0 aromatic heterocycles. The highest BCUT2D eigenvalue weighted by Crippen LogP contribution is 2.64. The minimum Gasteiger partial charge on any atom is -0.504 e. The monoisotopic (exact) mass is 423 g/mol. The molecule has 4 N–H and O–H groups in total. The number of phenolic OH excluding ortho intramolecular Hbond substituents is 1. The van der Waals surface area contributed by atoms with Crippen LogP contribution in [-0.4, -0.2) is 65.0 Å². The van der Waals surface area contributed by atoms with Crippen LogP contribution in [0.3, 0.4) is 0 Å². The number of ketones is 1. The first kappa shape index (κ1) is 19.4. The lowest BCUT2D eigenvalue weighted by Crippen LogP contribution is -2.76. The zero-order valence-electron chi connectivity index (χ0n) is 15.9. The number of hydrogen-bond donors (Lipinski definition) is 4. The molecular formula is C20H25NO7S. The fourth-order valence-corrected chi connectivity index (χ4v) is 6.26. The van der Waals surface area contributed by atoms with Gasteiger partial charge in [-0.05, 0) is 56.2 Å². The van der Waals surface area contributed by atoms with E-state index in [0.29, 0.717) is 18.6 Å². The standard InChI is InChI=1S/C20H23NO4.H2O3S/c22-13-4-3-12-9-15-20(24)6-5-14(23)18-19(20,16(12)17(13)25-18)7-8-21(15)10-11-1-2-11;1-4(2)3/h3-4,11,15,18,22,24H,1-2,5-10H2;(H2,1,2,3)/t15-,18+,19+,20-;/m1./s1. The number of likely N-dealkylation sites (tertiary alicyclic amines) is 1. The third-order valence-electron chi connectivity index (χ3n) is 7.56. The number of aromatic hydroxyl groups is 1. The summed E-state index contributed by atoms with van der Waals surface area (Å²) in [6.07, 6.45) is 4.33. The van der Waals surface area contributed by atoms with E-state index in [9.17, 15) is 15.0 Å². The van der Waals surface area contributed by atoms with Crippen molar-refractivity contribution in [1.29, 1.82) is 0 Å². The van der Waals surface area contributed by atoms with Crippen LogP contribution in [0.4, 0.5) is 0 Å². The molecule has 1 spiro atoms. The second-order valence-electron chi connectivity index (χ2n) is 8.95. The number of nitrogens with zero attached hydrogens (tertiary/aromatic N) is 1. The lowest BCUT2D eigenvalue weighted by atomic mass is 9.49. The fraction of sp³-hybridized carbons (Fsp3) is 0.650. The molecule has 0 amide bonds. The summed E-state index contributed by atoms with van der Waals surface area (Å²) < 4.78 is 28.9. The Kier molecular flexibility index (Phi) is 4.35. The minimum absolute atomic E-state index is 0.0454. The summed E-state index contributed by atoms with van der Waals surface area (Å²) in [5.41, 5.74) is 0.454. The predicted octanol–water partition coefficient (Wildman–Crippen LogP) is 1.21. The van der Waals surface area contributed by atoms with Crippen LogP contribution < -0.4 is 4.74 Å². The van der Waals surface area contributed by atoms with Gasteiger partial charge in [0, 0.05) is 24.6 Å². The second-order valence-corrected chi connectivity index (χ2v) is 9.41. The lowest BCUT2D eigenvalue weighted by Gasteiger charge is -2.62. The van der Waals surface area contributed by atoms with Crippen molar-refractivity contribution in [2.24, 2.45) is 5.92 Å². The van der Waals surface area contributed by atoms with Crippen LogP contribution in [0.2, 0.25) is 0 Å². The largest absolute Gasteiger partial charge is 0.504 e. The zero-order chi connectivity index (χ0) is 20.6. The van der Waals surface area contributed by atoms with Crippen molar-refractivity contribution in [3.05, 3.63) is 23.3 Å². The van der Waals surface area contributed by atoms with Crippen molar-refractivity contribution in [1.82, 2.24) is 4.90 Å². The second kappa shape index (κ2) is 6.49. The Balaban J connectivity index is 0.000000419. The van der Waals surface area contributed by atoms with E-state index in [2.05, 4.69) is 4.90 Å². The van der Waals surface area contributed by atoms with Gasteiger partial charge in [0.15, 0.2) is 23.4 Å². The predicted molar refractivity (Wildman–Crippen MR) is 103 cm³/mol. The van der Waals surface area contributed by atoms with Crippen LogP contribution in [0.15, 0.2) is 12.1 Å². The van der Waals surface area contributed by atoms with E-state index in [4.69, 9.17) is 18.1 Å². The quantitative estimate of drug-likeness (QED) is 0.523.